The number of sulfonamides is 1. The van der Waals surface area contributed by atoms with Crippen LogP contribution < -0.4 is 5.32 Å². The van der Waals surface area contributed by atoms with Gasteiger partial charge in [0.25, 0.3) is 5.69 Å². The van der Waals surface area contributed by atoms with Crippen LogP contribution in [0.3, 0.4) is 0 Å². The van der Waals surface area contributed by atoms with Gasteiger partial charge >= 0.3 is 0 Å². The molecule has 9 nitrogen and oxygen atoms in total. The second kappa shape index (κ2) is 8.68. The number of amides is 1. The van der Waals surface area contributed by atoms with Gasteiger partial charge in [0.1, 0.15) is 0 Å². The van der Waals surface area contributed by atoms with Crippen molar-refractivity contribution in [3.63, 3.8) is 0 Å². The number of carbonyl (C=O) groups is 1. The molecule has 0 saturated carbocycles. The smallest absolute Gasteiger partial charge is 0.269 e. The fourth-order valence-corrected chi connectivity index (χ4v) is 4.59. The first-order valence-electron chi connectivity index (χ1n) is 9.09. The number of hydrogen-bond acceptors (Lipinski definition) is 6. The quantitative estimate of drug-likeness (QED) is 0.568. The van der Waals surface area contributed by atoms with E-state index in [0.29, 0.717) is 38.4 Å². The Labute approximate surface area is 169 Å². The molecule has 2 aromatic rings. The molecule has 0 aliphatic carbocycles. The van der Waals surface area contributed by atoms with Crippen LogP contribution in [0.4, 0.5) is 11.4 Å². The molecule has 154 valence electrons. The lowest BCUT2D eigenvalue weighted by Gasteiger charge is -2.34. The minimum atomic E-state index is -3.60. The van der Waals surface area contributed by atoms with E-state index in [1.54, 1.807) is 24.3 Å². The summed E-state index contributed by atoms with van der Waals surface area (Å²) in [5.41, 5.74) is 1.54. The third kappa shape index (κ3) is 5.17. The molecule has 0 atom stereocenters. The van der Waals surface area contributed by atoms with E-state index in [2.05, 4.69) is 10.2 Å². The molecule has 3 rings (SSSR count). The lowest BCUT2D eigenvalue weighted by atomic mass is 10.2. The topological polar surface area (TPSA) is 113 Å². The number of nitrogens with zero attached hydrogens (tertiary/aromatic N) is 3. The van der Waals surface area contributed by atoms with Crippen molar-refractivity contribution in [3.8, 4) is 0 Å². The first-order chi connectivity index (χ1) is 13.8. The number of rotatable bonds is 6. The van der Waals surface area contributed by atoms with Crippen LogP contribution in [0, 0.1) is 10.1 Å². The van der Waals surface area contributed by atoms with Crippen LogP contribution in [0.5, 0.6) is 0 Å². The molecular formula is C19H22N4O5S. The van der Waals surface area contributed by atoms with Crippen LogP contribution in [0.1, 0.15) is 12.5 Å². The Kier molecular flexibility index (Phi) is 6.26. The summed E-state index contributed by atoms with van der Waals surface area (Å²) in [5.74, 6) is -0.218. The van der Waals surface area contributed by atoms with Gasteiger partial charge in [-0.25, -0.2) is 8.42 Å². The molecule has 0 radical (unpaired) electrons. The standard InChI is InChI=1S/C19H22N4O5S/c1-15(24)20-17-4-8-19(9-5-17)29(27,28)22-12-10-21(11-13-22)14-16-2-6-18(7-3-16)23(25)26/h2-9H,10-14H2,1H3,(H,20,24). The summed E-state index contributed by atoms with van der Waals surface area (Å²) in [4.78, 5) is 23.7. The number of nitro benzene ring substituents is 1. The minimum Gasteiger partial charge on any atom is -0.326 e. The molecular weight excluding hydrogens is 396 g/mol. The van der Waals surface area contributed by atoms with Crippen molar-refractivity contribution in [2.45, 2.75) is 18.4 Å². The molecule has 1 aliphatic heterocycles. The van der Waals surface area contributed by atoms with Crippen LogP contribution in [0.15, 0.2) is 53.4 Å². The second-order valence-corrected chi connectivity index (χ2v) is 8.75. The lowest BCUT2D eigenvalue weighted by molar-refractivity contribution is -0.384. The second-order valence-electron chi connectivity index (χ2n) is 6.81. The van der Waals surface area contributed by atoms with Gasteiger partial charge in [-0.1, -0.05) is 12.1 Å². The van der Waals surface area contributed by atoms with Gasteiger partial charge in [-0.3, -0.25) is 19.8 Å². The molecule has 0 aromatic heterocycles. The van der Waals surface area contributed by atoms with E-state index in [-0.39, 0.29) is 16.5 Å². The molecule has 29 heavy (non-hydrogen) atoms. The highest BCUT2D eigenvalue weighted by molar-refractivity contribution is 7.89. The Bertz CT molecular complexity index is 982. The third-order valence-electron chi connectivity index (χ3n) is 4.70. The van der Waals surface area contributed by atoms with Gasteiger partial charge in [0.2, 0.25) is 15.9 Å². The van der Waals surface area contributed by atoms with Crippen molar-refractivity contribution >= 4 is 27.3 Å². The Morgan fingerprint density at radius 3 is 2.14 bits per heavy atom. The van der Waals surface area contributed by atoms with E-state index in [9.17, 15) is 23.3 Å². The van der Waals surface area contributed by atoms with Crippen LogP contribution in [-0.2, 0) is 21.4 Å². The van der Waals surface area contributed by atoms with E-state index in [1.165, 1.54) is 35.5 Å². The SMILES string of the molecule is CC(=O)Nc1ccc(S(=O)(=O)N2CCN(Cc3ccc([N+](=O)[O-])cc3)CC2)cc1. The molecule has 10 heteroatoms. The van der Waals surface area contributed by atoms with Gasteiger partial charge in [-0.15, -0.1) is 0 Å². The normalized spacial score (nSPS) is 15.8. The predicted molar refractivity (Wildman–Crippen MR) is 108 cm³/mol. The number of hydrogen-bond donors (Lipinski definition) is 1. The molecule has 0 unspecified atom stereocenters. The van der Waals surface area contributed by atoms with Crippen molar-refractivity contribution in [3.05, 3.63) is 64.2 Å². The summed E-state index contributed by atoms with van der Waals surface area (Å²) in [6, 6.07) is 12.5. The van der Waals surface area contributed by atoms with E-state index >= 15 is 0 Å². The van der Waals surface area contributed by atoms with Crippen molar-refractivity contribution in [1.29, 1.82) is 0 Å². The predicted octanol–water partition coefficient (Wildman–Crippen LogP) is 2.06. The Morgan fingerprint density at radius 2 is 1.62 bits per heavy atom. The van der Waals surface area contributed by atoms with Crippen molar-refractivity contribution < 1.29 is 18.1 Å². The summed E-state index contributed by atoms with van der Waals surface area (Å²) in [7, 11) is -3.60. The molecule has 1 heterocycles. The number of benzene rings is 2. The zero-order valence-corrected chi connectivity index (χ0v) is 16.8. The maximum atomic E-state index is 12.8. The molecule has 1 amide bonds. The van der Waals surface area contributed by atoms with Crippen molar-refractivity contribution in [2.24, 2.45) is 0 Å². The van der Waals surface area contributed by atoms with Gasteiger partial charge in [0.15, 0.2) is 0 Å². The van der Waals surface area contributed by atoms with Crippen LogP contribution in [0.25, 0.3) is 0 Å². The molecule has 2 aromatic carbocycles. The van der Waals surface area contributed by atoms with Crippen LogP contribution in [-0.4, -0.2) is 54.6 Å². The number of anilines is 1. The average molecular weight is 418 g/mol. The zero-order valence-electron chi connectivity index (χ0n) is 15.9. The van der Waals surface area contributed by atoms with Crippen molar-refractivity contribution in [2.75, 3.05) is 31.5 Å². The highest BCUT2D eigenvalue weighted by Crippen LogP contribution is 2.21. The first kappa shape index (κ1) is 20.9. The van der Waals surface area contributed by atoms with Gasteiger partial charge in [-0.05, 0) is 29.8 Å². The molecule has 1 fully saturated rings. The maximum absolute atomic E-state index is 12.8. The average Bonchev–Trinajstić information content (AvgIpc) is 2.69. The van der Waals surface area contributed by atoms with Gasteiger partial charge < -0.3 is 5.32 Å². The number of nitrogens with one attached hydrogen (secondary N) is 1. The number of carbonyl (C=O) groups excluding carboxylic acids is 1. The first-order valence-corrected chi connectivity index (χ1v) is 10.5. The summed E-state index contributed by atoms with van der Waals surface area (Å²) >= 11 is 0. The molecule has 0 spiro atoms. The molecule has 1 aliphatic rings. The summed E-state index contributed by atoms with van der Waals surface area (Å²) in [6.45, 7) is 3.87. The minimum absolute atomic E-state index is 0.0502. The Morgan fingerprint density at radius 1 is 1.03 bits per heavy atom. The van der Waals surface area contributed by atoms with Gasteiger partial charge in [0.05, 0.1) is 9.82 Å². The molecule has 0 bridgehead atoms. The summed E-state index contributed by atoms with van der Waals surface area (Å²) in [5, 5.41) is 13.3. The van der Waals surface area contributed by atoms with E-state index in [1.807, 2.05) is 0 Å². The molecule has 1 saturated heterocycles. The monoisotopic (exact) mass is 418 g/mol. The number of nitro groups is 1. The maximum Gasteiger partial charge on any atom is 0.269 e. The lowest BCUT2D eigenvalue weighted by Crippen LogP contribution is -2.48. The largest absolute Gasteiger partial charge is 0.326 e. The van der Waals surface area contributed by atoms with Gasteiger partial charge in [-0.2, -0.15) is 4.31 Å². The molecule has 1 N–H and O–H groups in total. The number of non-ortho nitro benzene ring substituents is 1. The highest BCUT2D eigenvalue weighted by atomic mass is 32.2. The van der Waals surface area contributed by atoms with Gasteiger partial charge in [0, 0.05) is 57.5 Å². The van der Waals surface area contributed by atoms with E-state index in [0.717, 1.165) is 5.56 Å². The summed E-state index contributed by atoms with van der Waals surface area (Å²) < 4.78 is 27.1. The Hall–Kier alpha value is -2.82. The highest BCUT2D eigenvalue weighted by Gasteiger charge is 2.28. The van der Waals surface area contributed by atoms with Crippen LogP contribution in [0.2, 0.25) is 0 Å². The van der Waals surface area contributed by atoms with E-state index < -0.39 is 14.9 Å². The van der Waals surface area contributed by atoms with Crippen LogP contribution >= 0.6 is 0 Å². The fraction of sp³-hybridized carbons (Fsp3) is 0.316. The van der Waals surface area contributed by atoms with Crippen molar-refractivity contribution in [1.82, 2.24) is 9.21 Å². The van der Waals surface area contributed by atoms with E-state index in [4.69, 9.17) is 0 Å². The zero-order chi connectivity index (χ0) is 21.0. The third-order valence-corrected chi connectivity index (χ3v) is 6.61. The summed E-state index contributed by atoms with van der Waals surface area (Å²) in [6.07, 6.45) is 0. The number of piperazine rings is 1. The fourth-order valence-electron chi connectivity index (χ4n) is 3.17. The Balaban J connectivity index is 1.59.